The minimum atomic E-state index is -3.55. The van der Waals surface area contributed by atoms with Crippen LogP contribution in [-0.4, -0.2) is 80.9 Å². The first kappa shape index (κ1) is 16.6. The van der Waals surface area contributed by atoms with Gasteiger partial charge in [0.2, 0.25) is 10.0 Å². The Morgan fingerprint density at radius 3 is 2.52 bits per heavy atom. The van der Waals surface area contributed by atoms with Crippen molar-refractivity contribution in [3.63, 3.8) is 0 Å². The van der Waals surface area contributed by atoms with Gasteiger partial charge < -0.3 is 4.90 Å². The monoisotopic (exact) mass is 332 g/mol. The smallest absolute Gasteiger partial charge is 0.246 e. The molecule has 1 aliphatic heterocycles. The second kappa shape index (κ2) is 7.02. The Morgan fingerprint density at radius 2 is 1.95 bits per heavy atom. The van der Waals surface area contributed by atoms with Gasteiger partial charge in [0, 0.05) is 51.7 Å². The van der Waals surface area contributed by atoms with E-state index in [9.17, 15) is 8.42 Å². The molecule has 0 aromatic carbocycles. The number of pyridine rings is 1. The minimum absolute atomic E-state index is 0.0911. The lowest BCUT2D eigenvalue weighted by molar-refractivity contribution is 0.174. The van der Waals surface area contributed by atoms with E-state index in [1.165, 1.54) is 22.8 Å². The molecule has 8 heteroatoms. The molecule has 1 aromatic rings. The predicted octanol–water partition coefficient (Wildman–Crippen LogP) is 0.603. The van der Waals surface area contributed by atoms with Crippen molar-refractivity contribution in [3.8, 4) is 0 Å². The van der Waals surface area contributed by atoms with Gasteiger partial charge in [-0.15, -0.1) is 0 Å². The van der Waals surface area contributed by atoms with Crippen molar-refractivity contribution >= 4 is 21.6 Å². The van der Waals surface area contributed by atoms with Crippen molar-refractivity contribution in [2.24, 2.45) is 0 Å². The summed E-state index contributed by atoms with van der Waals surface area (Å²) in [6.07, 6.45) is 2.80. The average Bonchev–Trinajstić information content (AvgIpc) is 2.46. The van der Waals surface area contributed by atoms with Crippen molar-refractivity contribution in [1.82, 2.24) is 19.1 Å². The maximum atomic E-state index is 12.6. The first-order valence-corrected chi connectivity index (χ1v) is 8.70. The summed E-state index contributed by atoms with van der Waals surface area (Å²) in [4.78, 5) is 8.35. The van der Waals surface area contributed by atoms with Crippen LogP contribution in [0.4, 0.5) is 0 Å². The molecule has 0 unspecified atom stereocenters. The van der Waals surface area contributed by atoms with E-state index in [4.69, 9.17) is 11.6 Å². The summed E-state index contributed by atoms with van der Waals surface area (Å²) >= 11 is 5.98. The molecule has 1 aliphatic rings. The summed E-state index contributed by atoms with van der Waals surface area (Å²) in [6.45, 7) is 4.38. The van der Waals surface area contributed by atoms with Crippen molar-refractivity contribution in [2.75, 3.05) is 53.4 Å². The van der Waals surface area contributed by atoms with Crippen LogP contribution in [0.2, 0.25) is 5.02 Å². The molecule has 0 radical (unpaired) electrons. The SMILES string of the molecule is CN(C)CCN1CCN(S(=O)(=O)c2cnccc2Cl)CC1. The maximum absolute atomic E-state index is 12.6. The Balaban J connectivity index is 2.00. The second-order valence-corrected chi connectivity index (χ2v) is 7.67. The summed E-state index contributed by atoms with van der Waals surface area (Å²) < 4.78 is 26.6. The van der Waals surface area contributed by atoms with Crippen LogP contribution in [0.25, 0.3) is 0 Å². The largest absolute Gasteiger partial charge is 0.308 e. The highest BCUT2D eigenvalue weighted by atomic mass is 35.5. The quantitative estimate of drug-likeness (QED) is 0.790. The van der Waals surface area contributed by atoms with Crippen molar-refractivity contribution in [3.05, 3.63) is 23.5 Å². The molecule has 0 N–H and O–H groups in total. The molecule has 1 saturated heterocycles. The summed E-state index contributed by atoms with van der Waals surface area (Å²) in [5, 5.41) is 0.222. The Morgan fingerprint density at radius 1 is 1.29 bits per heavy atom. The van der Waals surface area contributed by atoms with Crippen LogP contribution in [0.1, 0.15) is 0 Å². The molecule has 1 fully saturated rings. The Hall–Kier alpha value is -0.730. The number of hydrogen-bond acceptors (Lipinski definition) is 5. The Bertz CT molecular complexity index is 571. The molecule has 21 heavy (non-hydrogen) atoms. The number of aromatic nitrogens is 1. The Labute approximate surface area is 131 Å². The van der Waals surface area contributed by atoms with Crippen LogP contribution in [-0.2, 0) is 10.0 Å². The van der Waals surface area contributed by atoms with Crippen LogP contribution < -0.4 is 0 Å². The van der Waals surface area contributed by atoms with Crippen LogP contribution >= 0.6 is 11.6 Å². The normalized spacial score (nSPS) is 18.3. The lowest BCUT2D eigenvalue weighted by Crippen LogP contribution is -2.49. The summed E-state index contributed by atoms with van der Waals surface area (Å²) in [7, 11) is 0.520. The van der Waals surface area contributed by atoms with Crippen LogP contribution in [0.15, 0.2) is 23.4 Å². The topological polar surface area (TPSA) is 56.8 Å². The zero-order valence-electron chi connectivity index (χ0n) is 12.4. The molecule has 0 amide bonds. The molecule has 2 rings (SSSR count). The van der Waals surface area contributed by atoms with E-state index < -0.39 is 10.0 Å². The molecule has 0 spiro atoms. The minimum Gasteiger partial charge on any atom is -0.308 e. The fourth-order valence-corrected chi connectivity index (χ4v) is 4.06. The molecule has 0 aliphatic carbocycles. The zero-order valence-corrected chi connectivity index (χ0v) is 13.9. The maximum Gasteiger partial charge on any atom is 0.246 e. The number of hydrogen-bond donors (Lipinski definition) is 0. The molecule has 0 saturated carbocycles. The zero-order chi connectivity index (χ0) is 15.5. The number of piperazine rings is 1. The molecule has 6 nitrogen and oxygen atoms in total. The van der Waals surface area contributed by atoms with Gasteiger partial charge in [-0.3, -0.25) is 9.88 Å². The van der Waals surface area contributed by atoms with Gasteiger partial charge in [-0.1, -0.05) is 11.6 Å². The lowest BCUT2D eigenvalue weighted by Gasteiger charge is -2.34. The first-order valence-electron chi connectivity index (χ1n) is 6.88. The van der Waals surface area contributed by atoms with Gasteiger partial charge in [0.1, 0.15) is 4.90 Å². The fraction of sp³-hybridized carbons (Fsp3) is 0.615. The number of rotatable bonds is 5. The standard InChI is InChI=1S/C13H21ClN4O2S/c1-16(2)5-6-17-7-9-18(10-8-17)21(19,20)13-11-15-4-3-12(13)14/h3-4,11H,5-10H2,1-2H3. The van der Waals surface area contributed by atoms with Crippen LogP contribution in [0.5, 0.6) is 0 Å². The molecule has 0 bridgehead atoms. The lowest BCUT2D eigenvalue weighted by atomic mass is 10.3. The summed E-state index contributed by atoms with van der Waals surface area (Å²) in [5.74, 6) is 0. The number of sulfonamides is 1. The highest BCUT2D eigenvalue weighted by Gasteiger charge is 2.30. The average molecular weight is 333 g/mol. The summed E-state index contributed by atoms with van der Waals surface area (Å²) in [6, 6.07) is 1.50. The molecule has 2 heterocycles. The summed E-state index contributed by atoms with van der Waals surface area (Å²) in [5.41, 5.74) is 0. The van der Waals surface area contributed by atoms with Gasteiger partial charge in [-0.25, -0.2) is 8.42 Å². The molecule has 1 aromatic heterocycles. The third-order valence-electron chi connectivity index (χ3n) is 3.55. The van der Waals surface area contributed by atoms with Crippen molar-refractivity contribution < 1.29 is 8.42 Å². The Kier molecular flexibility index (Phi) is 5.56. The highest BCUT2D eigenvalue weighted by Crippen LogP contribution is 2.23. The molecule has 118 valence electrons. The van der Waals surface area contributed by atoms with Gasteiger partial charge in [-0.05, 0) is 20.2 Å². The number of halogens is 1. The predicted molar refractivity (Wildman–Crippen MR) is 83.0 cm³/mol. The van der Waals surface area contributed by atoms with Crippen molar-refractivity contribution in [2.45, 2.75) is 4.90 Å². The van der Waals surface area contributed by atoms with Crippen LogP contribution in [0.3, 0.4) is 0 Å². The van der Waals surface area contributed by atoms with Gasteiger partial charge in [0.05, 0.1) is 5.02 Å². The fourth-order valence-electron chi connectivity index (χ4n) is 2.23. The van der Waals surface area contributed by atoms with E-state index >= 15 is 0 Å². The van der Waals surface area contributed by atoms with Gasteiger partial charge >= 0.3 is 0 Å². The van der Waals surface area contributed by atoms with E-state index in [0.29, 0.717) is 13.1 Å². The third kappa shape index (κ3) is 4.14. The van der Waals surface area contributed by atoms with Crippen LogP contribution in [0, 0.1) is 0 Å². The van der Waals surface area contributed by atoms with E-state index in [-0.39, 0.29) is 9.92 Å². The number of nitrogens with zero attached hydrogens (tertiary/aromatic N) is 4. The highest BCUT2D eigenvalue weighted by molar-refractivity contribution is 7.89. The first-order chi connectivity index (χ1) is 9.91. The second-order valence-electron chi connectivity index (χ2n) is 5.36. The van der Waals surface area contributed by atoms with E-state index in [2.05, 4.69) is 14.8 Å². The molecule has 0 atom stereocenters. The third-order valence-corrected chi connectivity index (χ3v) is 5.91. The van der Waals surface area contributed by atoms with Gasteiger partial charge in [0.25, 0.3) is 0 Å². The molecular weight excluding hydrogens is 312 g/mol. The molecular formula is C13H21ClN4O2S. The van der Waals surface area contributed by atoms with E-state index in [1.54, 1.807) is 0 Å². The van der Waals surface area contributed by atoms with E-state index in [1.807, 2.05) is 14.1 Å². The van der Waals surface area contributed by atoms with Gasteiger partial charge in [-0.2, -0.15) is 4.31 Å². The van der Waals surface area contributed by atoms with E-state index in [0.717, 1.165) is 26.2 Å². The van der Waals surface area contributed by atoms with Gasteiger partial charge in [0.15, 0.2) is 0 Å². The number of likely N-dealkylation sites (N-methyl/N-ethyl adjacent to an activating group) is 1. The van der Waals surface area contributed by atoms with Crippen molar-refractivity contribution in [1.29, 1.82) is 0 Å².